The minimum atomic E-state index is -3.82. The molecule has 1 aromatic carbocycles. The predicted octanol–water partition coefficient (Wildman–Crippen LogP) is 2.20. The van der Waals surface area contributed by atoms with Crippen LogP contribution in [-0.2, 0) is 9.84 Å². The number of nitrogens with one attached hydrogen (secondary N) is 1. The molecule has 1 aromatic heterocycles. The molecule has 0 aliphatic carbocycles. The van der Waals surface area contributed by atoms with Crippen molar-refractivity contribution in [2.45, 2.75) is 24.1 Å². The molecule has 124 valence electrons. The Hall–Kier alpha value is -2.74. The summed E-state index contributed by atoms with van der Waals surface area (Å²) in [5.41, 5.74) is 0.673. The van der Waals surface area contributed by atoms with Gasteiger partial charge in [0.1, 0.15) is 11.2 Å². The van der Waals surface area contributed by atoms with E-state index in [4.69, 9.17) is 0 Å². The number of fused-ring (bicyclic) bond motifs is 1. The van der Waals surface area contributed by atoms with Crippen LogP contribution in [0, 0.1) is 6.92 Å². The molecule has 24 heavy (non-hydrogen) atoms. The number of urea groups is 1. The molecule has 2 heterocycles. The van der Waals surface area contributed by atoms with Gasteiger partial charge in [0, 0.05) is 5.69 Å². The quantitative estimate of drug-likeness (QED) is 0.854. The first kappa shape index (κ1) is 16.1. The molecule has 2 aromatic rings. The smallest absolute Gasteiger partial charge is 0.292 e. The molecular formula is C16H15N3O4S. The van der Waals surface area contributed by atoms with Crippen LogP contribution in [0.25, 0.3) is 0 Å². The summed E-state index contributed by atoms with van der Waals surface area (Å²) >= 11 is 0. The van der Waals surface area contributed by atoms with Crippen molar-refractivity contribution in [3.63, 3.8) is 0 Å². The average molecular weight is 345 g/mol. The number of hydrogen-bond donors (Lipinski definition) is 1. The summed E-state index contributed by atoms with van der Waals surface area (Å²) < 4.78 is 25.2. The lowest BCUT2D eigenvalue weighted by molar-refractivity contribution is 0.0788. The molecule has 1 unspecified atom stereocenters. The third-order valence-electron chi connectivity index (χ3n) is 3.80. The molecule has 0 radical (unpaired) electrons. The van der Waals surface area contributed by atoms with Crippen LogP contribution in [0.4, 0.5) is 10.6 Å². The molecule has 0 bridgehead atoms. The normalized spacial score (nSPS) is 18.8. The first-order chi connectivity index (χ1) is 11.3. The number of aryl methyl sites for hydroxylation is 1. The van der Waals surface area contributed by atoms with Crippen molar-refractivity contribution in [3.05, 3.63) is 53.7 Å². The zero-order valence-corrected chi connectivity index (χ0v) is 13.9. The fraction of sp³-hybridized carbons (Fsp3) is 0.188. The first-order valence-electron chi connectivity index (χ1n) is 7.23. The Morgan fingerprint density at radius 3 is 2.58 bits per heavy atom. The molecule has 3 rings (SSSR count). The van der Waals surface area contributed by atoms with Crippen LogP contribution in [0.15, 0.2) is 47.4 Å². The van der Waals surface area contributed by atoms with E-state index in [1.807, 2.05) is 0 Å². The number of amides is 3. The summed E-state index contributed by atoms with van der Waals surface area (Å²) in [6.45, 7) is 3.07. The van der Waals surface area contributed by atoms with Crippen molar-refractivity contribution in [2.75, 3.05) is 5.32 Å². The van der Waals surface area contributed by atoms with Gasteiger partial charge in [-0.2, -0.15) is 0 Å². The van der Waals surface area contributed by atoms with Gasteiger partial charge in [-0.1, -0.05) is 18.2 Å². The molecule has 0 fully saturated rings. The minimum Gasteiger partial charge on any atom is -0.292 e. The van der Waals surface area contributed by atoms with Gasteiger partial charge in [0.2, 0.25) is 9.84 Å². The van der Waals surface area contributed by atoms with E-state index in [0.29, 0.717) is 10.6 Å². The van der Waals surface area contributed by atoms with Crippen LogP contribution in [0.5, 0.6) is 0 Å². The Balaban J connectivity index is 1.99. The lowest BCUT2D eigenvalue weighted by atomic mass is 10.2. The number of pyridine rings is 1. The zero-order valence-electron chi connectivity index (χ0n) is 13.1. The second kappa shape index (κ2) is 5.72. The molecule has 1 aliphatic heterocycles. The van der Waals surface area contributed by atoms with Crippen molar-refractivity contribution < 1.29 is 18.0 Å². The van der Waals surface area contributed by atoms with Gasteiger partial charge in [-0.15, -0.1) is 0 Å². The van der Waals surface area contributed by atoms with Crippen LogP contribution < -0.4 is 5.32 Å². The topological polar surface area (TPSA) is 96.4 Å². The lowest BCUT2D eigenvalue weighted by Gasteiger charge is -2.32. The van der Waals surface area contributed by atoms with Crippen molar-refractivity contribution in [1.29, 1.82) is 0 Å². The van der Waals surface area contributed by atoms with Gasteiger partial charge in [-0.05, 0) is 38.1 Å². The minimum absolute atomic E-state index is 0.0112. The Kier molecular flexibility index (Phi) is 3.84. The van der Waals surface area contributed by atoms with Crippen LogP contribution in [0.3, 0.4) is 0 Å². The molecule has 7 nitrogen and oxygen atoms in total. The van der Waals surface area contributed by atoms with Gasteiger partial charge in [-0.3, -0.25) is 10.1 Å². The van der Waals surface area contributed by atoms with Gasteiger partial charge in [0.05, 0.1) is 10.5 Å². The van der Waals surface area contributed by atoms with Crippen molar-refractivity contribution in [1.82, 2.24) is 9.88 Å². The van der Waals surface area contributed by atoms with Crippen LogP contribution in [0.1, 0.15) is 23.0 Å². The summed E-state index contributed by atoms with van der Waals surface area (Å²) in [7, 11) is -3.82. The number of sulfone groups is 1. The maximum Gasteiger partial charge on any atom is 0.331 e. The highest BCUT2D eigenvalue weighted by molar-refractivity contribution is 7.92. The lowest BCUT2D eigenvalue weighted by Crippen LogP contribution is -2.52. The second-order valence-electron chi connectivity index (χ2n) is 5.41. The fourth-order valence-electron chi connectivity index (χ4n) is 2.55. The summed E-state index contributed by atoms with van der Waals surface area (Å²) in [5.74, 6) is -0.408. The number of hydrogen-bond acceptors (Lipinski definition) is 5. The van der Waals surface area contributed by atoms with Gasteiger partial charge in [-0.25, -0.2) is 23.1 Å². The van der Waals surface area contributed by atoms with Gasteiger partial charge >= 0.3 is 6.03 Å². The monoisotopic (exact) mass is 345 g/mol. The van der Waals surface area contributed by atoms with Gasteiger partial charge < -0.3 is 0 Å². The van der Waals surface area contributed by atoms with Gasteiger partial charge in [0.25, 0.3) is 5.91 Å². The highest BCUT2D eigenvalue weighted by atomic mass is 32.2. The Bertz CT molecular complexity index is 940. The van der Waals surface area contributed by atoms with Crippen LogP contribution in [-0.4, -0.2) is 35.6 Å². The number of imide groups is 1. The van der Waals surface area contributed by atoms with E-state index in [1.165, 1.54) is 19.1 Å². The van der Waals surface area contributed by atoms with Crippen molar-refractivity contribution in [2.24, 2.45) is 0 Å². The molecule has 1 atom stereocenters. The number of rotatable bonds is 1. The third-order valence-corrected chi connectivity index (χ3v) is 5.88. The number of carbonyl (C=O) groups excluding carboxylic acids is 2. The molecule has 3 amide bonds. The highest BCUT2D eigenvalue weighted by Gasteiger charge is 2.44. The molecule has 1 N–H and O–H groups in total. The van der Waals surface area contributed by atoms with E-state index in [-0.39, 0.29) is 16.3 Å². The molecular weight excluding hydrogens is 330 g/mol. The molecule has 0 saturated carbocycles. The third kappa shape index (κ3) is 2.54. The van der Waals surface area contributed by atoms with E-state index in [0.717, 1.165) is 0 Å². The Morgan fingerprint density at radius 2 is 1.88 bits per heavy atom. The molecule has 0 saturated heterocycles. The summed E-state index contributed by atoms with van der Waals surface area (Å²) in [6.07, 6.45) is 0. The number of aromatic nitrogens is 1. The zero-order chi connectivity index (χ0) is 17.5. The first-order valence-corrected chi connectivity index (χ1v) is 8.78. The van der Waals surface area contributed by atoms with E-state index in [1.54, 1.807) is 37.3 Å². The largest absolute Gasteiger partial charge is 0.331 e. The summed E-state index contributed by atoms with van der Waals surface area (Å²) in [4.78, 5) is 29.9. The predicted molar refractivity (Wildman–Crippen MR) is 87.3 cm³/mol. The molecule has 0 spiro atoms. The van der Waals surface area contributed by atoms with E-state index >= 15 is 0 Å². The summed E-state index contributed by atoms with van der Waals surface area (Å²) in [5, 5.41) is 1.17. The van der Waals surface area contributed by atoms with Crippen LogP contribution >= 0.6 is 0 Å². The van der Waals surface area contributed by atoms with E-state index in [9.17, 15) is 18.0 Å². The standard InChI is InChI=1S/C16H15N3O4S/c1-10-6-5-9-14(17-10)18-16(21)19-11(2)24(22,23)13-8-4-3-7-12(13)15(19)20/h3-9,11H,1-2H3,(H,17,18,21). The van der Waals surface area contributed by atoms with E-state index in [2.05, 4.69) is 10.3 Å². The fourth-order valence-corrected chi connectivity index (χ4v) is 4.12. The number of nitrogens with zero attached hydrogens (tertiary/aromatic N) is 2. The van der Waals surface area contributed by atoms with Crippen LogP contribution in [0.2, 0.25) is 0 Å². The van der Waals surface area contributed by atoms with Crippen molar-refractivity contribution >= 4 is 27.6 Å². The molecule has 8 heteroatoms. The number of anilines is 1. The Morgan fingerprint density at radius 1 is 1.17 bits per heavy atom. The van der Waals surface area contributed by atoms with Gasteiger partial charge in [0.15, 0.2) is 0 Å². The summed E-state index contributed by atoms with van der Waals surface area (Å²) in [6, 6.07) is 10.1. The maximum atomic E-state index is 12.6. The highest BCUT2D eigenvalue weighted by Crippen LogP contribution is 2.30. The maximum absolute atomic E-state index is 12.6. The number of benzene rings is 1. The van der Waals surface area contributed by atoms with E-state index < -0.39 is 27.1 Å². The number of carbonyl (C=O) groups is 2. The molecule has 1 aliphatic rings. The second-order valence-corrected chi connectivity index (χ2v) is 7.62. The van der Waals surface area contributed by atoms with Crippen molar-refractivity contribution in [3.8, 4) is 0 Å². The average Bonchev–Trinajstić information content (AvgIpc) is 2.53. The Labute approximate surface area is 139 Å². The SMILES string of the molecule is Cc1cccc(NC(=O)N2C(=O)c3ccccc3S(=O)(=O)C2C)n1.